The smallest absolute Gasteiger partial charge is 0.419 e. The second-order valence-electron chi connectivity index (χ2n) is 3.15. The standard InChI is InChI=1S/C10H11F3O2/c1-7(14)6-15-9-5-3-2-4-8(9)10(11,12)13/h2-5,7,14H,6H2,1H3/t7-/m1/s1. The summed E-state index contributed by atoms with van der Waals surface area (Å²) in [5.74, 6) is -0.258. The van der Waals surface area contributed by atoms with Crippen molar-refractivity contribution < 1.29 is 23.0 Å². The van der Waals surface area contributed by atoms with E-state index in [9.17, 15) is 13.2 Å². The van der Waals surface area contributed by atoms with Gasteiger partial charge in [0.05, 0.1) is 11.7 Å². The molecule has 15 heavy (non-hydrogen) atoms. The Morgan fingerprint density at radius 1 is 1.33 bits per heavy atom. The van der Waals surface area contributed by atoms with Gasteiger partial charge in [0.2, 0.25) is 0 Å². The van der Waals surface area contributed by atoms with E-state index in [1.807, 2.05) is 0 Å². The minimum Gasteiger partial charge on any atom is -0.490 e. The summed E-state index contributed by atoms with van der Waals surface area (Å²) >= 11 is 0. The second-order valence-corrected chi connectivity index (χ2v) is 3.15. The molecule has 1 N–H and O–H groups in total. The first-order valence-electron chi connectivity index (χ1n) is 4.38. The molecule has 0 saturated carbocycles. The van der Waals surface area contributed by atoms with Crippen molar-refractivity contribution in [2.75, 3.05) is 6.61 Å². The Morgan fingerprint density at radius 3 is 2.47 bits per heavy atom. The molecule has 1 atom stereocenters. The average molecular weight is 220 g/mol. The zero-order valence-electron chi connectivity index (χ0n) is 8.08. The van der Waals surface area contributed by atoms with E-state index >= 15 is 0 Å². The van der Waals surface area contributed by atoms with Crippen LogP contribution in [-0.4, -0.2) is 17.8 Å². The van der Waals surface area contributed by atoms with Crippen molar-refractivity contribution in [2.24, 2.45) is 0 Å². The number of para-hydroxylation sites is 1. The van der Waals surface area contributed by atoms with Gasteiger partial charge in [-0.05, 0) is 19.1 Å². The van der Waals surface area contributed by atoms with Crippen LogP contribution in [0.15, 0.2) is 24.3 Å². The van der Waals surface area contributed by atoms with Crippen LogP contribution in [0.1, 0.15) is 12.5 Å². The number of ether oxygens (including phenoxy) is 1. The highest BCUT2D eigenvalue weighted by Gasteiger charge is 2.33. The fourth-order valence-corrected chi connectivity index (χ4v) is 1.04. The number of benzene rings is 1. The molecule has 1 rings (SSSR count). The average Bonchev–Trinajstić information content (AvgIpc) is 2.13. The summed E-state index contributed by atoms with van der Waals surface area (Å²) < 4.78 is 42.1. The number of halogens is 3. The van der Waals surface area contributed by atoms with Crippen LogP contribution in [0.3, 0.4) is 0 Å². The van der Waals surface area contributed by atoms with E-state index in [1.54, 1.807) is 0 Å². The molecule has 0 amide bonds. The summed E-state index contributed by atoms with van der Waals surface area (Å²) in [6.07, 6.45) is -5.23. The van der Waals surface area contributed by atoms with Gasteiger partial charge in [-0.3, -0.25) is 0 Å². The number of hydrogen-bond acceptors (Lipinski definition) is 2. The molecule has 2 nitrogen and oxygen atoms in total. The summed E-state index contributed by atoms with van der Waals surface area (Å²) in [6.45, 7) is 1.28. The third kappa shape index (κ3) is 3.43. The Hall–Kier alpha value is -1.23. The summed E-state index contributed by atoms with van der Waals surface area (Å²) in [6, 6.07) is 4.91. The Kier molecular flexibility index (Phi) is 3.57. The normalized spacial score (nSPS) is 13.7. The predicted molar refractivity (Wildman–Crippen MR) is 48.6 cm³/mol. The monoisotopic (exact) mass is 220 g/mol. The first kappa shape index (κ1) is 11.8. The zero-order valence-corrected chi connectivity index (χ0v) is 8.08. The van der Waals surface area contributed by atoms with Crippen LogP contribution in [0.25, 0.3) is 0 Å². The lowest BCUT2D eigenvalue weighted by atomic mass is 10.2. The highest BCUT2D eigenvalue weighted by molar-refractivity contribution is 5.35. The minimum absolute atomic E-state index is 0.160. The van der Waals surface area contributed by atoms with Crippen molar-refractivity contribution >= 4 is 0 Å². The van der Waals surface area contributed by atoms with Crippen molar-refractivity contribution in [3.8, 4) is 5.75 Å². The van der Waals surface area contributed by atoms with E-state index in [0.29, 0.717) is 0 Å². The number of hydrogen-bond donors (Lipinski definition) is 1. The van der Waals surface area contributed by atoms with Gasteiger partial charge in [0.25, 0.3) is 0 Å². The molecule has 0 saturated heterocycles. The van der Waals surface area contributed by atoms with Crippen LogP contribution in [0.2, 0.25) is 0 Å². The van der Waals surface area contributed by atoms with Gasteiger partial charge in [-0.25, -0.2) is 0 Å². The van der Waals surface area contributed by atoms with Crippen molar-refractivity contribution in [1.82, 2.24) is 0 Å². The van der Waals surface area contributed by atoms with Gasteiger partial charge in [0, 0.05) is 0 Å². The molecule has 0 unspecified atom stereocenters. The SMILES string of the molecule is C[C@@H](O)COc1ccccc1C(F)(F)F. The molecule has 0 fully saturated rings. The molecule has 0 heterocycles. The Bertz CT molecular complexity index is 321. The van der Waals surface area contributed by atoms with Crippen LogP contribution in [0, 0.1) is 0 Å². The van der Waals surface area contributed by atoms with E-state index < -0.39 is 17.8 Å². The van der Waals surface area contributed by atoms with Crippen molar-refractivity contribution in [3.63, 3.8) is 0 Å². The molecule has 0 aliphatic carbocycles. The zero-order chi connectivity index (χ0) is 11.5. The number of rotatable bonds is 3. The van der Waals surface area contributed by atoms with Gasteiger partial charge in [-0.1, -0.05) is 12.1 Å². The first-order chi connectivity index (χ1) is 6.91. The molecule has 5 heteroatoms. The summed E-state index contributed by atoms with van der Waals surface area (Å²) in [7, 11) is 0. The molecule has 0 radical (unpaired) electrons. The first-order valence-corrected chi connectivity index (χ1v) is 4.38. The lowest BCUT2D eigenvalue weighted by Crippen LogP contribution is -2.15. The molecule has 0 aromatic heterocycles. The molecular weight excluding hydrogens is 209 g/mol. The molecule has 84 valence electrons. The second kappa shape index (κ2) is 4.53. The highest BCUT2D eigenvalue weighted by Crippen LogP contribution is 2.35. The Morgan fingerprint density at radius 2 is 1.93 bits per heavy atom. The third-order valence-electron chi connectivity index (χ3n) is 1.67. The molecular formula is C10H11F3O2. The summed E-state index contributed by atoms with van der Waals surface area (Å²) in [4.78, 5) is 0. The fourth-order valence-electron chi connectivity index (χ4n) is 1.04. The largest absolute Gasteiger partial charge is 0.490 e. The fraction of sp³-hybridized carbons (Fsp3) is 0.400. The van der Waals surface area contributed by atoms with E-state index in [2.05, 4.69) is 0 Å². The topological polar surface area (TPSA) is 29.5 Å². The molecule has 0 aliphatic rings. The van der Waals surface area contributed by atoms with Crippen LogP contribution in [0.4, 0.5) is 13.2 Å². The number of aliphatic hydroxyl groups excluding tert-OH is 1. The minimum atomic E-state index is -4.44. The quantitative estimate of drug-likeness (QED) is 0.847. The van der Waals surface area contributed by atoms with Crippen LogP contribution >= 0.6 is 0 Å². The Labute approximate surface area is 85.3 Å². The van der Waals surface area contributed by atoms with E-state index in [0.717, 1.165) is 6.07 Å². The van der Waals surface area contributed by atoms with E-state index in [1.165, 1.54) is 25.1 Å². The van der Waals surface area contributed by atoms with Crippen LogP contribution in [-0.2, 0) is 6.18 Å². The van der Waals surface area contributed by atoms with Gasteiger partial charge in [-0.15, -0.1) is 0 Å². The summed E-state index contributed by atoms with van der Waals surface area (Å²) in [5.41, 5.74) is -0.828. The third-order valence-corrected chi connectivity index (χ3v) is 1.67. The van der Waals surface area contributed by atoms with Gasteiger partial charge in [0.15, 0.2) is 0 Å². The van der Waals surface area contributed by atoms with Crippen molar-refractivity contribution in [3.05, 3.63) is 29.8 Å². The molecule has 0 aliphatic heterocycles. The molecule has 1 aromatic rings. The molecule has 1 aromatic carbocycles. The van der Waals surface area contributed by atoms with Gasteiger partial charge in [-0.2, -0.15) is 13.2 Å². The molecule has 0 bridgehead atoms. The van der Waals surface area contributed by atoms with Crippen LogP contribution in [0.5, 0.6) is 5.75 Å². The number of aliphatic hydroxyl groups is 1. The number of alkyl halides is 3. The van der Waals surface area contributed by atoms with E-state index in [-0.39, 0.29) is 12.4 Å². The van der Waals surface area contributed by atoms with Crippen LogP contribution < -0.4 is 4.74 Å². The predicted octanol–water partition coefficient (Wildman–Crippen LogP) is 2.47. The van der Waals surface area contributed by atoms with Gasteiger partial charge >= 0.3 is 6.18 Å². The van der Waals surface area contributed by atoms with Gasteiger partial charge < -0.3 is 9.84 Å². The maximum Gasteiger partial charge on any atom is 0.419 e. The Balaban J connectivity index is 2.87. The van der Waals surface area contributed by atoms with Gasteiger partial charge in [0.1, 0.15) is 12.4 Å². The van der Waals surface area contributed by atoms with Crippen molar-refractivity contribution in [2.45, 2.75) is 19.2 Å². The highest BCUT2D eigenvalue weighted by atomic mass is 19.4. The van der Waals surface area contributed by atoms with Crippen molar-refractivity contribution in [1.29, 1.82) is 0 Å². The lowest BCUT2D eigenvalue weighted by Gasteiger charge is -2.14. The van der Waals surface area contributed by atoms with E-state index in [4.69, 9.17) is 9.84 Å². The summed E-state index contributed by atoms with van der Waals surface area (Å²) in [5, 5.41) is 8.90. The lowest BCUT2D eigenvalue weighted by molar-refractivity contribution is -0.139. The molecule has 0 spiro atoms. The maximum absolute atomic E-state index is 12.4. The maximum atomic E-state index is 12.4.